The minimum atomic E-state index is 0.399. The molecule has 1 saturated heterocycles. The first-order chi connectivity index (χ1) is 13.1. The molecule has 27 heavy (non-hydrogen) atoms. The maximum Gasteiger partial charge on any atom is 0.214 e. The first-order valence-corrected chi connectivity index (χ1v) is 9.89. The van der Waals surface area contributed by atoms with E-state index in [0.717, 1.165) is 56.0 Å². The van der Waals surface area contributed by atoms with Crippen LogP contribution in [-0.2, 0) is 4.74 Å². The monoisotopic (exact) mass is 371 g/mol. The van der Waals surface area contributed by atoms with Gasteiger partial charge in [0, 0.05) is 37.1 Å². The molecule has 7 heteroatoms. The van der Waals surface area contributed by atoms with E-state index in [1.807, 2.05) is 6.07 Å². The number of pyridine rings is 1. The van der Waals surface area contributed by atoms with Gasteiger partial charge >= 0.3 is 0 Å². The van der Waals surface area contributed by atoms with Gasteiger partial charge in [-0.1, -0.05) is 13.8 Å². The molecular weight excluding hydrogens is 342 g/mol. The van der Waals surface area contributed by atoms with Gasteiger partial charge in [0.25, 0.3) is 0 Å². The molecule has 1 N–H and O–H groups in total. The van der Waals surface area contributed by atoms with Gasteiger partial charge in [-0.05, 0) is 24.7 Å². The van der Waals surface area contributed by atoms with Crippen LogP contribution in [0.5, 0.6) is 5.88 Å². The van der Waals surface area contributed by atoms with E-state index in [1.54, 1.807) is 12.5 Å². The highest BCUT2D eigenvalue weighted by molar-refractivity contribution is 5.89. The minimum absolute atomic E-state index is 0.399. The smallest absolute Gasteiger partial charge is 0.214 e. The summed E-state index contributed by atoms with van der Waals surface area (Å²) in [6, 6.07) is 2.41. The Morgan fingerprint density at radius 1 is 1.26 bits per heavy atom. The van der Waals surface area contributed by atoms with Gasteiger partial charge in [-0.15, -0.1) is 0 Å². The molecule has 1 aliphatic carbocycles. The summed E-state index contributed by atoms with van der Waals surface area (Å²) in [7, 11) is 0. The predicted molar refractivity (Wildman–Crippen MR) is 105 cm³/mol. The lowest BCUT2D eigenvalue weighted by Gasteiger charge is -2.26. The quantitative estimate of drug-likeness (QED) is 0.837. The van der Waals surface area contributed by atoms with E-state index < -0.39 is 0 Å². The number of hydrogen-bond donors (Lipinski definition) is 1. The number of rotatable bonds is 6. The van der Waals surface area contributed by atoms with Gasteiger partial charge in [-0.2, -0.15) is 0 Å². The molecule has 0 aromatic carbocycles. The van der Waals surface area contributed by atoms with Gasteiger partial charge in [0.15, 0.2) is 0 Å². The molecule has 2 aromatic rings. The molecule has 7 nitrogen and oxygen atoms in total. The lowest BCUT2D eigenvalue weighted by atomic mass is 9.92. The summed E-state index contributed by atoms with van der Waals surface area (Å²) in [5.41, 5.74) is 1.24. The molecule has 1 saturated carbocycles. The number of hydrogen-bond acceptors (Lipinski definition) is 7. The molecule has 0 radical (unpaired) electrons. The van der Waals surface area contributed by atoms with Gasteiger partial charge in [-0.3, -0.25) is 4.90 Å². The Kier molecular flexibility index (Phi) is 5.41. The second-order valence-electron chi connectivity index (χ2n) is 8.31. The Hall–Kier alpha value is -1.99. The fraction of sp³-hybridized carbons (Fsp3) is 0.650. The van der Waals surface area contributed by atoms with Crippen molar-refractivity contribution in [3.63, 3.8) is 0 Å². The number of anilines is 1. The van der Waals surface area contributed by atoms with Gasteiger partial charge in [0.2, 0.25) is 5.88 Å². The summed E-state index contributed by atoms with van der Waals surface area (Å²) in [5, 5.41) is 4.59. The topological polar surface area (TPSA) is 72.4 Å². The standard InChI is InChI=1S/C20H29N5O2/c1-20(2)4-3-15(12-20)24-19-16-11-18(21-13-17(16)22-14-23-19)27-10-7-25-5-8-26-9-6-25/h11,13-15H,3-10,12H2,1-2H3,(H,22,23,24). The molecule has 146 valence electrons. The number of fused-ring (bicyclic) bond motifs is 1. The summed E-state index contributed by atoms with van der Waals surface area (Å²) in [6.45, 7) is 9.70. The maximum absolute atomic E-state index is 5.90. The Balaban J connectivity index is 1.42. The SMILES string of the molecule is CC1(C)CCC(Nc2ncnc3cnc(OCCN4CCOCC4)cc23)C1. The van der Waals surface area contributed by atoms with Crippen molar-refractivity contribution >= 4 is 16.7 Å². The fourth-order valence-electron chi connectivity index (χ4n) is 3.99. The van der Waals surface area contributed by atoms with Gasteiger partial charge in [0.05, 0.1) is 24.9 Å². The lowest BCUT2D eigenvalue weighted by molar-refractivity contribution is 0.0320. The highest BCUT2D eigenvalue weighted by Gasteiger charge is 2.31. The minimum Gasteiger partial charge on any atom is -0.476 e. The first-order valence-electron chi connectivity index (χ1n) is 9.89. The summed E-state index contributed by atoms with van der Waals surface area (Å²) in [4.78, 5) is 15.6. The molecule has 3 heterocycles. The molecular formula is C20H29N5O2. The molecule has 0 bridgehead atoms. The highest BCUT2D eigenvalue weighted by Crippen LogP contribution is 2.38. The summed E-state index contributed by atoms with van der Waals surface area (Å²) in [6.07, 6.45) is 6.94. The molecule has 2 aliphatic rings. The van der Waals surface area contributed by atoms with Crippen molar-refractivity contribution in [2.45, 2.75) is 39.2 Å². The lowest BCUT2D eigenvalue weighted by Crippen LogP contribution is -2.38. The number of nitrogens with zero attached hydrogens (tertiary/aromatic N) is 4. The van der Waals surface area contributed by atoms with Crippen molar-refractivity contribution in [3.8, 4) is 5.88 Å². The van der Waals surface area contributed by atoms with Crippen molar-refractivity contribution < 1.29 is 9.47 Å². The van der Waals surface area contributed by atoms with Crippen molar-refractivity contribution in [2.24, 2.45) is 5.41 Å². The Morgan fingerprint density at radius 3 is 2.89 bits per heavy atom. The van der Waals surface area contributed by atoms with Crippen molar-refractivity contribution in [1.29, 1.82) is 0 Å². The number of aromatic nitrogens is 3. The van der Waals surface area contributed by atoms with Crippen LogP contribution in [0, 0.1) is 5.41 Å². The predicted octanol–water partition coefficient (Wildman–Crippen LogP) is 2.73. The van der Waals surface area contributed by atoms with Crippen LogP contribution in [0.15, 0.2) is 18.6 Å². The van der Waals surface area contributed by atoms with E-state index in [1.165, 1.54) is 12.8 Å². The van der Waals surface area contributed by atoms with Crippen LogP contribution in [0.2, 0.25) is 0 Å². The molecule has 2 fully saturated rings. The number of morpholine rings is 1. The fourth-order valence-corrected chi connectivity index (χ4v) is 3.99. The van der Waals surface area contributed by atoms with E-state index in [9.17, 15) is 0 Å². The Bertz CT molecular complexity index is 776. The van der Waals surface area contributed by atoms with Gasteiger partial charge in [-0.25, -0.2) is 15.0 Å². The van der Waals surface area contributed by atoms with E-state index >= 15 is 0 Å². The number of ether oxygens (including phenoxy) is 2. The van der Waals surface area contributed by atoms with Crippen molar-refractivity contribution in [1.82, 2.24) is 19.9 Å². The normalized spacial score (nSPS) is 22.8. The second kappa shape index (κ2) is 7.94. The van der Waals surface area contributed by atoms with Crippen LogP contribution in [0.3, 0.4) is 0 Å². The third-order valence-corrected chi connectivity index (χ3v) is 5.57. The van der Waals surface area contributed by atoms with Crippen LogP contribution >= 0.6 is 0 Å². The molecule has 0 amide bonds. The van der Waals surface area contributed by atoms with Crippen LogP contribution in [0.4, 0.5) is 5.82 Å². The number of nitrogens with one attached hydrogen (secondary N) is 1. The summed E-state index contributed by atoms with van der Waals surface area (Å²) < 4.78 is 11.3. The van der Waals surface area contributed by atoms with E-state index in [-0.39, 0.29) is 0 Å². The third kappa shape index (κ3) is 4.65. The summed E-state index contributed by atoms with van der Waals surface area (Å²) >= 11 is 0. The van der Waals surface area contributed by atoms with Gasteiger partial charge < -0.3 is 14.8 Å². The van der Waals surface area contributed by atoms with Gasteiger partial charge in [0.1, 0.15) is 18.8 Å². The zero-order valence-electron chi connectivity index (χ0n) is 16.3. The average molecular weight is 371 g/mol. The molecule has 4 rings (SSSR count). The average Bonchev–Trinajstić information content (AvgIpc) is 3.01. The van der Waals surface area contributed by atoms with E-state index in [2.05, 4.69) is 39.0 Å². The second-order valence-corrected chi connectivity index (χ2v) is 8.31. The zero-order valence-corrected chi connectivity index (χ0v) is 16.3. The summed E-state index contributed by atoms with van der Waals surface area (Å²) in [5.74, 6) is 1.50. The Labute approximate surface area is 160 Å². The largest absolute Gasteiger partial charge is 0.476 e. The molecule has 1 aliphatic heterocycles. The van der Waals surface area contributed by atoms with Crippen molar-refractivity contribution in [3.05, 3.63) is 18.6 Å². The molecule has 1 atom stereocenters. The maximum atomic E-state index is 5.90. The van der Waals surface area contributed by atoms with Crippen LogP contribution in [0.1, 0.15) is 33.1 Å². The highest BCUT2D eigenvalue weighted by atomic mass is 16.5. The van der Waals surface area contributed by atoms with Crippen LogP contribution in [-0.4, -0.2) is 65.3 Å². The van der Waals surface area contributed by atoms with Crippen LogP contribution in [0.25, 0.3) is 10.9 Å². The molecule has 1 unspecified atom stereocenters. The van der Waals surface area contributed by atoms with Crippen molar-refractivity contribution in [2.75, 3.05) is 44.8 Å². The molecule has 2 aromatic heterocycles. The first kappa shape index (κ1) is 18.4. The third-order valence-electron chi connectivity index (χ3n) is 5.57. The zero-order chi connectivity index (χ0) is 18.7. The van der Waals surface area contributed by atoms with Crippen LogP contribution < -0.4 is 10.1 Å². The van der Waals surface area contributed by atoms with E-state index in [4.69, 9.17) is 9.47 Å². The molecule has 0 spiro atoms. The Morgan fingerprint density at radius 2 is 2.11 bits per heavy atom. The van der Waals surface area contributed by atoms with E-state index in [0.29, 0.717) is 23.9 Å².